The van der Waals surface area contributed by atoms with Gasteiger partial charge in [-0.05, 0) is 31.1 Å². The zero-order chi connectivity index (χ0) is 12.9. The Labute approximate surface area is 109 Å². The minimum atomic E-state index is 0.863. The fourth-order valence-corrected chi connectivity index (χ4v) is 2.39. The van der Waals surface area contributed by atoms with Crippen LogP contribution in [0.1, 0.15) is 79.1 Å². The van der Waals surface area contributed by atoms with Crippen LogP contribution in [0.2, 0.25) is 0 Å². The zero-order valence-corrected chi connectivity index (χ0v) is 12.6. The summed E-state index contributed by atoms with van der Waals surface area (Å²) < 4.78 is 5.48. The summed E-state index contributed by atoms with van der Waals surface area (Å²) in [6, 6.07) is 0. The van der Waals surface area contributed by atoms with Crippen LogP contribution < -0.4 is 0 Å². The highest BCUT2D eigenvalue weighted by atomic mass is 16.5. The first-order chi connectivity index (χ1) is 8.20. The van der Waals surface area contributed by atoms with Gasteiger partial charge in [-0.15, -0.1) is 0 Å². The number of hydrogen-bond acceptors (Lipinski definition) is 1. The lowest BCUT2D eigenvalue weighted by molar-refractivity contribution is 0.130. The molecule has 104 valence electrons. The van der Waals surface area contributed by atoms with Gasteiger partial charge in [0.1, 0.15) is 0 Å². The zero-order valence-electron chi connectivity index (χ0n) is 12.6. The van der Waals surface area contributed by atoms with Gasteiger partial charge in [0.25, 0.3) is 0 Å². The van der Waals surface area contributed by atoms with E-state index in [0.29, 0.717) is 0 Å². The van der Waals surface area contributed by atoms with Crippen molar-refractivity contribution in [3.63, 3.8) is 0 Å². The molecule has 1 atom stereocenters. The molecule has 1 heteroatoms. The van der Waals surface area contributed by atoms with Crippen LogP contribution in [0.25, 0.3) is 0 Å². The Balaban J connectivity index is 3.25. The summed E-state index contributed by atoms with van der Waals surface area (Å²) in [5.41, 5.74) is 0. The van der Waals surface area contributed by atoms with Crippen molar-refractivity contribution in [2.75, 3.05) is 13.2 Å². The van der Waals surface area contributed by atoms with Gasteiger partial charge in [0, 0.05) is 13.2 Å². The van der Waals surface area contributed by atoms with E-state index in [1.165, 1.54) is 44.9 Å². The Bertz CT molecular complexity index is 142. The highest BCUT2D eigenvalue weighted by Crippen LogP contribution is 2.21. The molecule has 1 unspecified atom stereocenters. The Hall–Kier alpha value is -0.0400. The van der Waals surface area contributed by atoms with Gasteiger partial charge in [-0.3, -0.25) is 0 Å². The molecule has 17 heavy (non-hydrogen) atoms. The highest BCUT2D eigenvalue weighted by molar-refractivity contribution is 4.60. The first-order valence-electron chi connectivity index (χ1n) is 7.78. The van der Waals surface area contributed by atoms with Gasteiger partial charge in [-0.1, -0.05) is 59.8 Å². The minimum absolute atomic E-state index is 0.863. The summed E-state index contributed by atoms with van der Waals surface area (Å²) in [7, 11) is 0. The van der Waals surface area contributed by atoms with Crippen LogP contribution in [0.3, 0.4) is 0 Å². The third kappa shape index (κ3) is 12.2. The van der Waals surface area contributed by atoms with Crippen LogP contribution in [0.5, 0.6) is 0 Å². The fraction of sp³-hybridized carbons (Fsp3) is 1.00. The second kappa shape index (κ2) is 12.4. The van der Waals surface area contributed by atoms with Crippen molar-refractivity contribution in [2.45, 2.75) is 79.1 Å². The number of ether oxygens (including phenoxy) is 1. The van der Waals surface area contributed by atoms with Crippen molar-refractivity contribution in [3.8, 4) is 0 Å². The first-order valence-corrected chi connectivity index (χ1v) is 7.78. The summed E-state index contributed by atoms with van der Waals surface area (Å²) >= 11 is 0. The lowest BCUT2D eigenvalue weighted by atomic mass is 9.90. The van der Waals surface area contributed by atoms with Crippen LogP contribution >= 0.6 is 0 Å². The van der Waals surface area contributed by atoms with E-state index in [1.807, 2.05) is 0 Å². The predicted octanol–water partition coefficient (Wildman–Crippen LogP) is 5.44. The monoisotopic (exact) mass is 242 g/mol. The fourth-order valence-electron chi connectivity index (χ4n) is 2.39. The van der Waals surface area contributed by atoms with E-state index >= 15 is 0 Å². The third-order valence-electron chi connectivity index (χ3n) is 3.38. The average Bonchev–Trinajstić information content (AvgIpc) is 2.30. The van der Waals surface area contributed by atoms with Gasteiger partial charge in [0.2, 0.25) is 0 Å². The van der Waals surface area contributed by atoms with Crippen LogP contribution in [0.15, 0.2) is 0 Å². The van der Waals surface area contributed by atoms with Gasteiger partial charge in [0.15, 0.2) is 0 Å². The van der Waals surface area contributed by atoms with Gasteiger partial charge < -0.3 is 4.74 Å². The second-order valence-electron chi connectivity index (χ2n) is 5.72. The molecule has 0 rings (SSSR count). The van der Waals surface area contributed by atoms with Gasteiger partial charge in [-0.2, -0.15) is 0 Å². The Morgan fingerprint density at radius 1 is 0.882 bits per heavy atom. The molecule has 0 heterocycles. The molecule has 0 aliphatic carbocycles. The van der Waals surface area contributed by atoms with Crippen LogP contribution in [0, 0.1) is 11.8 Å². The molecule has 0 amide bonds. The van der Waals surface area contributed by atoms with E-state index in [1.54, 1.807) is 0 Å². The third-order valence-corrected chi connectivity index (χ3v) is 3.38. The molecule has 0 spiro atoms. The average molecular weight is 242 g/mol. The molecule has 0 bridgehead atoms. The highest BCUT2D eigenvalue weighted by Gasteiger charge is 2.07. The van der Waals surface area contributed by atoms with Gasteiger partial charge in [0.05, 0.1) is 0 Å². The van der Waals surface area contributed by atoms with E-state index < -0.39 is 0 Å². The molecule has 0 aliphatic rings. The molecule has 0 saturated carbocycles. The molecule has 0 aromatic heterocycles. The molecule has 0 aromatic rings. The molecule has 0 radical (unpaired) electrons. The topological polar surface area (TPSA) is 9.23 Å². The summed E-state index contributed by atoms with van der Waals surface area (Å²) in [5.74, 6) is 1.83. The maximum atomic E-state index is 5.48. The van der Waals surface area contributed by atoms with Crippen molar-refractivity contribution >= 4 is 0 Å². The SMILES string of the molecule is CCCOCCCCCCC(CC)CC(C)C. The summed E-state index contributed by atoms with van der Waals surface area (Å²) in [6.07, 6.45) is 10.8. The second-order valence-corrected chi connectivity index (χ2v) is 5.72. The number of rotatable bonds is 12. The Morgan fingerprint density at radius 2 is 1.59 bits per heavy atom. The molecular weight excluding hydrogens is 208 g/mol. The largest absolute Gasteiger partial charge is 0.381 e. The Kier molecular flexibility index (Phi) is 12.4. The van der Waals surface area contributed by atoms with E-state index in [2.05, 4.69) is 27.7 Å². The quantitative estimate of drug-likeness (QED) is 0.414. The van der Waals surface area contributed by atoms with Gasteiger partial charge in [-0.25, -0.2) is 0 Å². The van der Waals surface area contributed by atoms with Crippen LogP contribution in [-0.4, -0.2) is 13.2 Å². The number of unbranched alkanes of at least 4 members (excludes halogenated alkanes) is 3. The molecule has 0 aromatic carbocycles. The van der Waals surface area contributed by atoms with Gasteiger partial charge >= 0.3 is 0 Å². The summed E-state index contributed by atoms with van der Waals surface area (Å²) in [6.45, 7) is 11.1. The van der Waals surface area contributed by atoms with Crippen molar-refractivity contribution in [1.29, 1.82) is 0 Å². The van der Waals surface area contributed by atoms with Crippen molar-refractivity contribution in [3.05, 3.63) is 0 Å². The lowest BCUT2D eigenvalue weighted by Gasteiger charge is -2.16. The first kappa shape index (κ1) is 17.0. The van der Waals surface area contributed by atoms with Crippen molar-refractivity contribution in [1.82, 2.24) is 0 Å². The smallest absolute Gasteiger partial charge is 0.0466 e. The summed E-state index contributed by atoms with van der Waals surface area (Å²) in [5, 5.41) is 0. The van der Waals surface area contributed by atoms with Crippen LogP contribution in [0.4, 0.5) is 0 Å². The minimum Gasteiger partial charge on any atom is -0.381 e. The lowest BCUT2D eigenvalue weighted by Crippen LogP contribution is -2.03. The van der Waals surface area contributed by atoms with Crippen molar-refractivity contribution < 1.29 is 4.74 Å². The van der Waals surface area contributed by atoms with Crippen molar-refractivity contribution in [2.24, 2.45) is 11.8 Å². The van der Waals surface area contributed by atoms with E-state index in [-0.39, 0.29) is 0 Å². The molecule has 1 nitrogen and oxygen atoms in total. The maximum Gasteiger partial charge on any atom is 0.0466 e. The Morgan fingerprint density at radius 3 is 2.18 bits per heavy atom. The normalized spacial score (nSPS) is 13.2. The number of hydrogen-bond donors (Lipinski definition) is 0. The van der Waals surface area contributed by atoms with Crippen LogP contribution in [-0.2, 0) is 4.74 Å². The van der Waals surface area contributed by atoms with E-state index in [4.69, 9.17) is 4.74 Å². The standard InChI is InChI=1S/C16H34O/c1-5-12-17-13-10-8-7-9-11-16(6-2)14-15(3)4/h15-16H,5-14H2,1-4H3. The van der Waals surface area contributed by atoms with E-state index in [9.17, 15) is 0 Å². The predicted molar refractivity (Wildman–Crippen MR) is 77.4 cm³/mol. The molecule has 0 fully saturated rings. The molecule has 0 aliphatic heterocycles. The van der Waals surface area contributed by atoms with E-state index in [0.717, 1.165) is 31.5 Å². The molecular formula is C16H34O. The summed E-state index contributed by atoms with van der Waals surface area (Å²) in [4.78, 5) is 0. The maximum absolute atomic E-state index is 5.48. The molecule has 0 N–H and O–H groups in total. The molecule has 0 saturated heterocycles.